The highest BCUT2D eigenvalue weighted by Crippen LogP contribution is 2.18. The van der Waals surface area contributed by atoms with E-state index in [0.717, 1.165) is 19.4 Å². The summed E-state index contributed by atoms with van der Waals surface area (Å²) in [5, 5.41) is 3.16. The van der Waals surface area contributed by atoms with Gasteiger partial charge in [0.15, 0.2) is 5.96 Å². The molecule has 1 fully saturated rings. The van der Waals surface area contributed by atoms with Crippen molar-refractivity contribution in [3.63, 3.8) is 0 Å². The number of nitrogens with zero attached hydrogens (tertiary/aromatic N) is 2. The predicted molar refractivity (Wildman–Crippen MR) is 102 cm³/mol. The number of piperidine rings is 1. The summed E-state index contributed by atoms with van der Waals surface area (Å²) < 4.78 is 27.5. The van der Waals surface area contributed by atoms with E-state index in [1.54, 1.807) is 6.92 Å². The van der Waals surface area contributed by atoms with E-state index in [4.69, 9.17) is 4.74 Å². The molecule has 7 nitrogen and oxygen atoms in total. The van der Waals surface area contributed by atoms with Gasteiger partial charge in [0.2, 0.25) is 0 Å². The molecule has 0 aromatic carbocycles. The number of hydrogen-bond donors (Lipinski definition) is 1. The Morgan fingerprint density at radius 2 is 2.09 bits per heavy atom. The Balaban J connectivity index is 0.00000484. The molecule has 9 heteroatoms. The van der Waals surface area contributed by atoms with Crippen molar-refractivity contribution in [2.75, 3.05) is 44.8 Å². The lowest BCUT2D eigenvalue weighted by Crippen LogP contribution is -2.48. The molecule has 1 N–H and O–H groups in total. The predicted octanol–water partition coefficient (Wildman–Crippen LogP) is 0.890. The summed E-state index contributed by atoms with van der Waals surface area (Å²) in [6.45, 7) is 6.43. The van der Waals surface area contributed by atoms with Gasteiger partial charge in [0.25, 0.3) is 0 Å². The summed E-state index contributed by atoms with van der Waals surface area (Å²) in [4.78, 5) is 18.3. The van der Waals surface area contributed by atoms with Gasteiger partial charge in [0, 0.05) is 25.9 Å². The van der Waals surface area contributed by atoms with Gasteiger partial charge in [-0.05, 0) is 26.7 Å². The van der Waals surface area contributed by atoms with Gasteiger partial charge in [-0.15, -0.1) is 24.0 Å². The maximum atomic E-state index is 11.9. The molecule has 0 aliphatic carbocycles. The van der Waals surface area contributed by atoms with E-state index >= 15 is 0 Å². The van der Waals surface area contributed by atoms with Crippen molar-refractivity contribution in [3.05, 3.63) is 0 Å². The molecule has 1 rings (SSSR count). The topological polar surface area (TPSA) is 88.1 Å². The molecule has 0 amide bonds. The number of hydrogen-bond acceptors (Lipinski definition) is 5. The third-order valence-corrected chi connectivity index (χ3v) is 4.32. The van der Waals surface area contributed by atoms with Gasteiger partial charge in [-0.2, -0.15) is 0 Å². The first-order valence-corrected chi connectivity index (χ1v) is 9.81. The summed E-state index contributed by atoms with van der Waals surface area (Å²) in [6.07, 6.45) is 2.91. The molecule has 0 spiro atoms. The molecule has 1 saturated heterocycles. The zero-order valence-corrected chi connectivity index (χ0v) is 17.2. The van der Waals surface area contributed by atoms with Gasteiger partial charge in [-0.25, -0.2) is 8.42 Å². The minimum absolute atomic E-state index is 0. The van der Waals surface area contributed by atoms with Crippen molar-refractivity contribution in [1.29, 1.82) is 0 Å². The van der Waals surface area contributed by atoms with Crippen LogP contribution in [-0.2, 0) is 19.4 Å². The second-order valence-electron chi connectivity index (χ2n) is 5.40. The van der Waals surface area contributed by atoms with E-state index < -0.39 is 9.84 Å². The second-order valence-corrected chi connectivity index (χ2v) is 7.66. The quantitative estimate of drug-likeness (QED) is 0.274. The second kappa shape index (κ2) is 11.1. The van der Waals surface area contributed by atoms with Crippen LogP contribution in [-0.4, -0.2) is 70.0 Å². The fourth-order valence-corrected chi connectivity index (χ4v) is 2.79. The average molecular weight is 461 g/mol. The van der Waals surface area contributed by atoms with Gasteiger partial charge >= 0.3 is 5.97 Å². The first-order chi connectivity index (χ1) is 10.4. The number of carbonyl (C=O) groups is 1. The minimum Gasteiger partial charge on any atom is -0.466 e. The zero-order chi connectivity index (χ0) is 16.6. The normalized spacial score (nSPS) is 19.0. The number of esters is 1. The fraction of sp³-hybridized carbons (Fsp3) is 0.857. The fourth-order valence-electron chi connectivity index (χ4n) is 2.37. The van der Waals surface area contributed by atoms with Crippen LogP contribution in [0.1, 0.15) is 26.7 Å². The molecular weight excluding hydrogens is 433 g/mol. The first-order valence-electron chi connectivity index (χ1n) is 7.75. The van der Waals surface area contributed by atoms with E-state index in [0.29, 0.717) is 25.7 Å². The Morgan fingerprint density at radius 1 is 1.39 bits per heavy atom. The van der Waals surface area contributed by atoms with Crippen molar-refractivity contribution in [2.24, 2.45) is 10.9 Å². The molecule has 0 saturated carbocycles. The molecule has 0 aromatic rings. The number of rotatable bonds is 6. The van der Waals surface area contributed by atoms with Crippen molar-refractivity contribution < 1.29 is 17.9 Å². The largest absolute Gasteiger partial charge is 0.466 e. The molecule has 1 unspecified atom stereocenters. The van der Waals surface area contributed by atoms with Gasteiger partial charge in [0.1, 0.15) is 9.84 Å². The molecule has 0 bridgehead atoms. The van der Waals surface area contributed by atoms with Crippen LogP contribution in [0, 0.1) is 5.92 Å². The first kappa shape index (κ1) is 22.4. The maximum Gasteiger partial charge on any atom is 0.310 e. The Hall–Kier alpha value is -0.580. The Morgan fingerprint density at radius 3 is 2.65 bits per heavy atom. The number of ether oxygens (including phenoxy) is 1. The van der Waals surface area contributed by atoms with E-state index in [9.17, 15) is 13.2 Å². The summed E-state index contributed by atoms with van der Waals surface area (Å²) >= 11 is 0. The summed E-state index contributed by atoms with van der Waals surface area (Å²) in [6, 6.07) is 0. The number of sulfone groups is 1. The molecule has 1 heterocycles. The monoisotopic (exact) mass is 461 g/mol. The highest BCUT2D eigenvalue weighted by molar-refractivity contribution is 14.0. The molecule has 1 aliphatic rings. The van der Waals surface area contributed by atoms with Gasteiger partial charge in [-0.3, -0.25) is 9.79 Å². The van der Waals surface area contributed by atoms with Crippen LogP contribution in [0.4, 0.5) is 0 Å². The third-order valence-electron chi connectivity index (χ3n) is 3.40. The van der Waals surface area contributed by atoms with Crippen LogP contribution in [0.2, 0.25) is 0 Å². The standard InChI is InChI=1S/C14H27N3O4S.HI/c1-4-15-14(16-8-10-22(3,19)20)17-9-6-7-12(11-17)13(18)21-5-2;/h12H,4-11H2,1-3H3,(H,15,16);1H. The number of aliphatic imine (C=N–C) groups is 1. The van der Waals surface area contributed by atoms with Crippen LogP contribution in [0.3, 0.4) is 0 Å². The van der Waals surface area contributed by atoms with Crippen molar-refractivity contribution in [3.8, 4) is 0 Å². The van der Waals surface area contributed by atoms with E-state index in [2.05, 4.69) is 10.3 Å². The molecule has 0 radical (unpaired) electrons. The van der Waals surface area contributed by atoms with Crippen LogP contribution < -0.4 is 5.32 Å². The summed E-state index contributed by atoms with van der Waals surface area (Å²) in [5.41, 5.74) is 0. The van der Waals surface area contributed by atoms with E-state index in [1.807, 2.05) is 11.8 Å². The zero-order valence-electron chi connectivity index (χ0n) is 14.1. The van der Waals surface area contributed by atoms with Gasteiger partial charge < -0.3 is 15.0 Å². The number of carbonyl (C=O) groups excluding carboxylic acids is 1. The number of likely N-dealkylation sites (tertiary alicyclic amines) is 1. The Labute approximate surface area is 156 Å². The van der Waals surface area contributed by atoms with Gasteiger partial charge in [-0.1, -0.05) is 0 Å². The lowest BCUT2D eigenvalue weighted by molar-refractivity contribution is -0.149. The van der Waals surface area contributed by atoms with Crippen LogP contribution in [0.15, 0.2) is 4.99 Å². The molecule has 136 valence electrons. The van der Waals surface area contributed by atoms with Gasteiger partial charge in [0.05, 0.1) is 24.8 Å². The number of nitrogens with one attached hydrogen (secondary N) is 1. The molecule has 1 atom stereocenters. The SMILES string of the molecule is CCNC(=NCCS(C)(=O)=O)N1CCCC(C(=O)OCC)C1.I. The van der Waals surface area contributed by atoms with E-state index in [1.165, 1.54) is 6.26 Å². The number of guanidine groups is 1. The average Bonchev–Trinajstić information content (AvgIpc) is 2.45. The van der Waals surface area contributed by atoms with Crippen molar-refractivity contribution in [1.82, 2.24) is 10.2 Å². The lowest BCUT2D eigenvalue weighted by atomic mass is 9.98. The highest BCUT2D eigenvalue weighted by Gasteiger charge is 2.28. The van der Waals surface area contributed by atoms with Crippen molar-refractivity contribution in [2.45, 2.75) is 26.7 Å². The van der Waals surface area contributed by atoms with Crippen LogP contribution >= 0.6 is 24.0 Å². The molecule has 0 aromatic heterocycles. The van der Waals surface area contributed by atoms with Crippen LogP contribution in [0.5, 0.6) is 0 Å². The third kappa shape index (κ3) is 8.73. The van der Waals surface area contributed by atoms with Crippen LogP contribution in [0.25, 0.3) is 0 Å². The molecular formula is C14H28IN3O4S. The minimum atomic E-state index is -3.02. The smallest absolute Gasteiger partial charge is 0.310 e. The summed E-state index contributed by atoms with van der Waals surface area (Å²) in [5.74, 6) is 0.378. The maximum absolute atomic E-state index is 11.9. The Bertz CT molecular complexity index is 496. The highest BCUT2D eigenvalue weighted by atomic mass is 127. The Kier molecular flexibility index (Phi) is 10.8. The number of halogens is 1. The molecule has 1 aliphatic heterocycles. The van der Waals surface area contributed by atoms with E-state index in [-0.39, 0.29) is 48.2 Å². The lowest BCUT2D eigenvalue weighted by Gasteiger charge is -2.34. The summed E-state index contributed by atoms with van der Waals surface area (Å²) in [7, 11) is -3.02. The van der Waals surface area contributed by atoms with Crippen molar-refractivity contribution >= 4 is 45.7 Å². The molecule has 23 heavy (non-hydrogen) atoms.